The minimum absolute atomic E-state index is 0.133. The molecular formula is C29H23Cl2N3O6S. The van der Waals surface area contributed by atoms with Crippen molar-refractivity contribution < 1.29 is 27.5 Å². The number of hydrogen-bond acceptors (Lipinski definition) is 7. The SMILES string of the molecule is COc1cc(C=NNC(=O)c2ccc(NS(=O)(=O)c3ccc(C)cc3)cc2)ccc1OC(=O)c1ccc(Cl)c(Cl)c1. The molecule has 0 fully saturated rings. The summed E-state index contributed by atoms with van der Waals surface area (Å²) < 4.78 is 38.3. The molecule has 210 valence electrons. The molecule has 12 heteroatoms. The van der Waals surface area contributed by atoms with Gasteiger partial charge in [-0.25, -0.2) is 18.6 Å². The topological polar surface area (TPSA) is 123 Å². The minimum atomic E-state index is -3.76. The number of esters is 1. The Bertz CT molecular complexity index is 1720. The third-order valence-electron chi connectivity index (χ3n) is 5.66. The lowest BCUT2D eigenvalue weighted by Crippen LogP contribution is -2.18. The number of sulfonamides is 1. The first-order valence-corrected chi connectivity index (χ1v) is 14.2. The van der Waals surface area contributed by atoms with Gasteiger partial charge in [-0.3, -0.25) is 9.52 Å². The molecule has 0 aliphatic rings. The van der Waals surface area contributed by atoms with E-state index in [0.29, 0.717) is 16.3 Å². The van der Waals surface area contributed by atoms with E-state index in [1.807, 2.05) is 6.92 Å². The number of halogens is 2. The van der Waals surface area contributed by atoms with E-state index in [4.69, 9.17) is 32.7 Å². The molecule has 0 heterocycles. The summed E-state index contributed by atoms with van der Waals surface area (Å²) in [6.07, 6.45) is 1.38. The van der Waals surface area contributed by atoms with Crippen LogP contribution in [0.5, 0.6) is 11.5 Å². The summed E-state index contributed by atoms with van der Waals surface area (Å²) in [5.74, 6) is -0.724. The second-order valence-electron chi connectivity index (χ2n) is 8.62. The fourth-order valence-electron chi connectivity index (χ4n) is 3.48. The van der Waals surface area contributed by atoms with E-state index >= 15 is 0 Å². The van der Waals surface area contributed by atoms with Crippen molar-refractivity contribution in [3.8, 4) is 11.5 Å². The molecule has 0 aliphatic carbocycles. The third kappa shape index (κ3) is 7.63. The summed E-state index contributed by atoms with van der Waals surface area (Å²) in [6, 6.07) is 21.5. The minimum Gasteiger partial charge on any atom is -0.493 e. The van der Waals surface area contributed by atoms with Gasteiger partial charge in [0, 0.05) is 11.3 Å². The molecule has 0 radical (unpaired) electrons. The maximum atomic E-state index is 12.6. The number of hydrogen-bond donors (Lipinski definition) is 2. The van der Waals surface area contributed by atoms with Crippen molar-refractivity contribution in [3.63, 3.8) is 0 Å². The van der Waals surface area contributed by atoms with Gasteiger partial charge in [0.1, 0.15) is 0 Å². The van der Waals surface area contributed by atoms with Crippen LogP contribution in [0, 0.1) is 6.92 Å². The van der Waals surface area contributed by atoms with Gasteiger partial charge in [-0.2, -0.15) is 5.10 Å². The predicted molar refractivity (Wildman–Crippen MR) is 158 cm³/mol. The Hall–Kier alpha value is -4.38. The lowest BCUT2D eigenvalue weighted by molar-refractivity contribution is 0.0729. The Labute approximate surface area is 246 Å². The quantitative estimate of drug-likeness (QED) is 0.102. The molecule has 0 unspecified atom stereocenters. The molecule has 9 nitrogen and oxygen atoms in total. The number of nitrogens with zero attached hydrogens (tertiary/aromatic N) is 1. The van der Waals surface area contributed by atoms with Gasteiger partial charge in [0.2, 0.25) is 0 Å². The van der Waals surface area contributed by atoms with E-state index in [2.05, 4.69) is 15.2 Å². The van der Waals surface area contributed by atoms with Crippen LogP contribution in [0.1, 0.15) is 31.8 Å². The first-order valence-electron chi connectivity index (χ1n) is 11.9. The van der Waals surface area contributed by atoms with Crippen LogP contribution in [-0.4, -0.2) is 33.6 Å². The fraction of sp³-hybridized carbons (Fsp3) is 0.0690. The summed E-state index contributed by atoms with van der Waals surface area (Å²) in [4.78, 5) is 25.1. The summed E-state index contributed by atoms with van der Waals surface area (Å²) in [7, 11) is -2.35. The van der Waals surface area contributed by atoms with Crippen molar-refractivity contribution in [1.82, 2.24) is 5.43 Å². The number of rotatable bonds is 9. The fourth-order valence-corrected chi connectivity index (χ4v) is 4.84. The highest BCUT2D eigenvalue weighted by Gasteiger charge is 2.16. The number of hydrazone groups is 1. The normalized spacial score (nSPS) is 11.2. The lowest BCUT2D eigenvalue weighted by atomic mass is 10.2. The van der Waals surface area contributed by atoms with Crippen LogP contribution in [0.3, 0.4) is 0 Å². The van der Waals surface area contributed by atoms with Crippen LogP contribution in [0.4, 0.5) is 5.69 Å². The Kier molecular flexibility index (Phi) is 9.28. The zero-order chi connectivity index (χ0) is 29.6. The van der Waals surface area contributed by atoms with Gasteiger partial charge in [-0.15, -0.1) is 0 Å². The number of carbonyl (C=O) groups excluding carboxylic acids is 2. The highest BCUT2D eigenvalue weighted by molar-refractivity contribution is 7.92. The number of methoxy groups -OCH3 is 1. The second-order valence-corrected chi connectivity index (χ2v) is 11.1. The summed E-state index contributed by atoms with van der Waals surface area (Å²) in [6.45, 7) is 1.87. The predicted octanol–water partition coefficient (Wildman–Crippen LogP) is 6.09. The van der Waals surface area contributed by atoms with Crippen molar-refractivity contribution >= 4 is 57.0 Å². The molecule has 1 amide bonds. The van der Waals surface area contributed by atoms with Gasteiger partial charge < -0.3 is 9.47 Å². The molecule has 4 aromatic carbocycles. The van der Waals surface area contributed by atoms with Crippen LogP contribution >= 0.6 is 23.2 Å². The Morgan fingerprint density at radius 2 is 1.51 bits per heavy atom. The highest BCUT2D eigenvalue weighted by atomic mass is 35.5. The number of ether oxygens (including phenoxy) is 2. The van der Waals surface area contributed by atoms with E-state index < -0.39 is 21.9 Å². The van der Waals surface area contributed by atoms with Crippen molar-refractivity contribution in [1.29, 1.82) is 0 Å². The molecule has 4 rings (SSSR count). The molecule has 0 saturated carbocycles. The number of benzene rings is 4. The van der Waals surface area contributed by atoms with Gasteiger partial charge in [0.15, 0.2) is 11.5 Å². The zero-order valence-corrected chi connectivity index (χ0v) is 24.0. The molecule has 0 bridgehead atoms. The summed E-state index contributed by atoms with van der Waals surface area (Å²) >= 11 is 11.9. The number of carbonyl (C=O) groups is 2. The molecule has 0 aromatic heterocycles. The molecule has 2 N–H and O–H groups in total. The average Bonchev–Trinajstić information content (AvgIpc) is 2.95. The Morgan fingerprint density at radius 3 is 2.17 bits per heavy atom. The maximum absolute atomic E-state index is 12.6. The van der Waals surface area contributed by atoms with Gasteiger partial charge in [-0.1, -0.05) is 40.9 Å². The van der Waals surface area contributed by atoms with E-state index in [1.54, 1.807) is 24.3 Å². The van der Waals surface area contributed by atoms with Crippen LogP contribution in [0.25, 0.3) is 0 Å². The molecule has 0 spiro atoms. The third-order valence-corrected chi connectivity index (χ3v) is 7.79. The number of amides is 1. The first-order chi connectivity index (χ1) is 19.6. The standard InChI is InChI=1S/C29H23Cl2N3O6S/c1-18-3-11-23(12-4-18)41(37,38)34-22-9-6-20(7-10-22)28(35)33-32-17-19-5-14-26(27(15-19)39-2)40-29(36)21-8-13-24(30)25(31)16-21/h3-17,34H,1-2H3,(H,33,35). The van der Waals surface area contributed by atoms with Crippen LogP contribution in [0.15, 0.2) is 94.9 Å². The smallest absolute Gasteiger partial charge is 0.343 e. The molecule has 0 aliphatic heterocycles. The molecule has 41 heavy (non-hydrogen) atoms. The van der Waals surface area contributed by atoms with Crippen molar-refractivity contribution in [2.75, 3.05) is 11.8 Å². The van der Waals surface area contributed by atoms with Crippen LogP contribution in [-0.2, 0) is 10.0 Å². The Morgan fingerprint density at radius 1 is 0.829 bits per heavy atom. The van der Waals surface area contributed by atoms with Gasteiger partial charge >= 0.3 is 5.97 Å². The summed E-state index contributed by atoms with van der Waals surface area (Å²) in [5, 5.41) is 4.49. The lowest BCUT2D eigenvalue weighted by Gasteiger charge is -2.10. The number of nitrogens with one attached hydrogen (secondary N) is 2. The van der Waals surface area contributed by atoms with Gasteiger partial charge in [-0.05, 0) is 85.3 Å². The van der Waals surface area contributed by atoms with Gasteiger partial charge in [0.25, 0.3) is 15.9 Å². The zero-order valence-electron chi connectivity index (χ0n) is 21.7. The van der Waals surface area contributed by atoms with Gasteiger partial charge in [0.05, 0.1) is 33.8 Å². The molecule has 0 atom stereocenters. The largest absolute Gasteiger partial charge is 0.493 e. The van der Waals surface area contributed by atoms with Crippen molar-refractivity contribution in [3.05, 3.63) is 117 Å². The van der Waals surface area contributed by atoms with E-state index in [1.165, 1.54) is 74.0 Å². The Balaban J connectivity index is 1.36. The summed E-state index contributed by atoms with van der Waals surface area (Å²) in [5.41, 5.74) is 4.69. The number of anilines is 1. The molecule has 4 aromatic rings. The monoisotopic (exact) mass is 611 g/mol. The van der Waals surface area contributed by atoms with E-state index in [0.717, 1.165) is 5.56 Å². The van der Waals surface area contributed by atoms with E-state index in [-0.39, 0.29) is 32.5 Å². The van der Waals surface area contributed by atoms with Crippen LogP contribution < -0.4 is 19.6 Å². The highest BCUT2D eigenvalue weighted by Crippen LogP contribution is 2.29. The first kappa shape index (κ1) is 29.6. The maximum Gasteiger partial charge on any atom is 0.343 e. The van der Waals surface area contributed by atoms with Crippen molar-refractivity contribution in [2.45, 2.75) is 11.8 Å². The second kappa shape index (κ2) is 12.9. The average molecular weight is 612 g/mol. The number of aryl methyl sites for hydroxylation is 1. The van der Waals surface area contributed by atoms with Crippen LogP contribution in [0.2, 0.25) is 10.0 Å². The molecular weight excluding hydrogens is 589 g/mol. The van der Waals surface area contributed by atoms with Crippen molar-refractivity contribution in [2.24, 2.45) is 5.10 Å². The molecule has 0 saturated heterocycles. The van der Waals surface area contributed by atoms with E-state index in [9.17, 15) is 18.0 Å².